The van der Waals surface area contributed by atoms with Crippen LogP contribution in [0, 0.1) is 6.92 Å². The van der Waals surface area contributed by atoms with Crippen LogP contribution in [-0.4, -0.2) is 19.9 Å². The first-order valence-electron chi connectivity index (χ1n) is 7.61. The van der Waals surface area contributed by atoms with Crippen LogP contribution >= 0.6 is 11.8 Å². The Morgan fingerprint density at radius 3 is 2.61 bits per heavy atom. The van der Waals surface area contributed by atoms with Gasteiger partial charge in [-0.15, -0.1) is 0 Å². The number of thioether (sulfide) groups is 1. The van der Waals surface area contributed by atoms with Crippen LogP contribution in [0.25, 0.3) is 11.0 Å². The van der Waals surface area contributed by atoms with Gasteiger partial charge in [0, 0.05) is 17.5 Å². The number of hydrogen-bond donors (Lipinski definition) is 1. The third-order valence-electron chi connectivity index (χ3n) is 3.47. The van der Waals surface area contributed by atoms with Gasteiger partial charge in [0.1, 0.15) is 0 Å². The van der Waals surface area contributed by atoms with Crippen molar-refractivity contribution >= 4 is 22.8 Å². The van der Waals surface area contributed by atoms with Gasteiger partial charge in [0.15, 0.2) is 5.16 Å². The summed E-state index contributed by atoms with van der Waals surface area (Å²) in [5, 5.41) is 0.635. The van der Waals surface area contributed by atoms with Gasteiger partial charge in [0.25, 0.3) is 5.56 Å². The lowest BCUT2D eigenvalue weighted by Crippen LogP contribution is -2.10. The molecule has 0 bridgehead atoms. The van der Waals surface area contributed by atoms with Crippen molar-refractivity contribution in [1.29, 1.82) is 0 Å². The molecule has 0 saturated heterocycles. The molecule has 0 atom stereocenters. The van der Waals surface area contributed by atoms with Crippen LogP contribution in [0.3, 0.4) is 0 Å². The zero-order valence-corrected chi connectivity index (χ0v) is 14.0. The monoisotopic (exact) mass is 326 g/mol. The highest BCUT2D eigenvalue weighted by molar-refractivity contribution is 7.98. The van der Waals surface area contributed by atoms with Crippen LogP contribution in [0.1, 0.15) is 30.4 Å². The van der Waals surface area contributed by atoms with Crippen molar-refractivity contribution in [2.45, 2.75) is 37.6 Å². The van der Waals surface area contributed by atoms with Crippen LogP contribution in [0.15, 0.2) is 40.3 Å². The molecule has 0 fully saturated rings. The van der Waals surface area contributed by atoms with Crippen LogP contribution in [-0.2, 0) is 12.2 Å². The summed E-state index contributed by atoms with van der Waals surface area (Å²) >= 11 is 1.48. The molecule has 2 aromatic heterocycles. The summed E-state index contributed by atoms with van der Waals surface area (Å²) in [6, 6.07) is 9.39. The molecule has 1 aromatic carbocycles. The van der Waals surface area contributed by atoms with E-state index in [4.69, 9.17) is 0 Å². The van der Waals surface area contributed by atoms with E-state index in [2.05, 4.69) is 26.9 Å². The Kier molecular flexibility index (Phi) is 4.71. The molecule has 0 aliphatic carbocycles. The van der Waals surface area contributed by atoms with E-state index in [1.54, 1.807) is 6.07 Å². The lowest BCUT2D eigenvalue weighted by atomic mass is 10.2. The fourth-order valence-corrected chi connectivity index (χ4v) is 3.24. The molecule has 0 aliphatic heterocycles. The topological polar surface area (TPSA) is 71.5 Å². The van der Waals surface area contributed by atoms with Gasteiger partial charge >= 0.3 is 0 Å². The van der Waals surface area contributed by atoms with Gasteiger partial charge in [-0.1, -0.05) is 37.2 Å². The third kappa shape index (κ3) is 3.76. The molecule has 0 amide bonds. The molecule has 1 N–H and O–H groups in total. The average molecular weight is 326 g/mol. The molecular weight excluding hydrogens is 308 g/mol. The average Bonchev–Trinajstić information content (AvgIpc) is 2.52. The Labute approximate surface area is 138 Å². The molecule has 3 aromatic rings. The summed E-state index contributed by atoms with van der Waals surface area (Å²) in [4.78, 5) is 28.2. The Bertz CT molecular complexity index is 891. The predicted octanol–water partition coefficient (Wildman–Crippen LogP) is 3.27. The van der Waals surface area contributed by atoms with E-state index in [0.29, 0.717) is 10.9 Å². The standard InChI is InChI=1S/C17H18N4OS/c1-3-6-12-9-16(22)21-17(19-12)23-10-15-11(2)18-13-7-4-5-8-14(13)20-15/h4-5,7-9H,3,6,10H2,1-2H3,(H,19,21,22). The third-order valence-corrected chi connectivity index (χ3v) is 4.35. The van der Waals surface area contributed by atoms with E-state index in [-0.39, 0.29) is 5.56 Å². The van der Waals surface area contributed by atoms with Crippen molar-refractivity contribution < 1.29 is 0 Å². The van der Waals surface area contributed by atoms with Gasteiger partial charge in [-0.25, -0.2) is 15.0 Å². The van der Waals surface area contributed by atoms with Crippen LogP contribution < -0.4 is 5.56 Å². The maximum atomic E-state index is 11.7. The Balaban J connectivity index is 1.83. The molecule has 0 aliphatic rings. The zero-order valence-electron chi connectivity index (χ0n) is 13.2. The van der Waals surface area contributed by atoms with Crippen molar-refractivity contribution in [2.75, 3.05) is 0 Å². The summed E-state index contributed by atoms with van der Waals surface area (Å²) in [5.74, 6) is 0.627. The summed E-state index contributed by atoms with van der Waals surface area (Å²) in [5.41, 5.74) is 4.33. The van der Waals surface area contributed by atoms with Gasteiger partial charge in [-0.05, 0) is 25.5 Å². The largest absolute Gasteiger partial charge is 0.301 e. The molecule has 6 heteroatoms. The van der Waals surface area contributed by atoms with Gasteiger partial charge in [-0.3, -0.25) is 4.79 Å². The maximum absolute atomic E-state index is 11.7. The second-order valence-corrected chi connectivity index (χ2v) is 6.29. The van der Waals surface area contributed by atoms with Crippen LogP contribution in [0.5, 0.6) is 0 Å². The normalized spacial score (nSPS) is 11.0. The number of rotatable bonds is 5. The number of hydrogen-bond acceptors (Lipinski definition) is 5. The zero-order chi connectivity index (χ0) is 16.2. The van der Waals surface area contributed by atoms with Gasteiger partial charge in [0.2, 0.25) is 0 Å². The molecule has 2 heterocycles. The molecule has 0 radical (unpaired) electrons. The summed E-state index contributed by atoms with van der Waals surface area (Å²) < 4.78 is 0. The number of para-hydroxylation sites is 2. The Hall–Kier alpha value is -2.21. The molecule has 0 saturated carbocycles. The van der Waals surface area contributed by atoms with E-state index in [9.17, 15) is 4.79 Å². The van der Waals surface area contributed by atoms with E-state index < -0.39 is 0 Å². The SMILES string of the molecule is CCCc1cc(=O)[nH]c(SCc2nc3ccccc3nc2C)n1. The molecule has 3 rings (SSSR count). The number of nitrogens with one attached hydrogen (secondary N) is 1. The highest BCUT2D eigenvalue weighted by Gasteiger charge is 2.08. The number of fused-ring (bicyclic) bond motifs is 1. The molecule has 23 heavy (non-hydrogen) atoms. The molecule has 118 valence electrons. The van der Waals surface area contributed by atoms with E-state index in [1.807, 2.05) is 31.2 Å². The maximum Gasteiger partial charge on any atom is 0.251 e. The number of aromatic nitrogens is 4. The van der Waals surface area contributed by atoms with Crippen molar-refractivity contribution in [3.05, 3.63) is 57.8 Å². The smallest absolute Gasteiger partial charge is 0.251 e. The second-order valence-electron chi connectivity index (χ2n) is 5.32. The first-order valence-corrected chi connectivity index (χ1v) is 8.59. The number of nitrogens with zero attached hydrogens (tertiary/aromatic N) is 3. The van der Waals surface area contributed by atoms with Crippen molar-refractivity contribution in [2.24, 2.45) is 0 Å². The van der Waals surface area contributed by atoms with Gasteiger partial charge < -0.3 is 4.98 Å². The van der Waals surface area contributed by atoms with E-state index >= 15 is 0 Å². The Morgan fingerprint density at radius 1 is 1.13 bits per heavy atom. The molecule has 0 spiro atoms. The number of aromatic amines is 1. The van der Waals surface area contributed by atoms with Gasteiger partial charge in [-0.2, -0.15) is 0 Å². The lowest BCUT2D eigenvalue weighted by Gasteiger charge is -2.07. The van der Waals surface area contributed by atoms with E-state index in [0.717, 1.165) is 41.0 Å². The van der Waals surface area contributed by atoms with Crippen molar-refractivity contribution in [3.8, 4) is 0 Å². The van der Waals surface area contributed by atoms with Crippen LogP contribution in [0.2, 0.25) is 0 Å². The first kappa shape index (κ1) is 15.7. The van der Waals surface area contributed by atoms with Crippen molar-refractivity contribution in [3.63, 3.8) is 0 Å². The fraction of sp³-hybridized carbons (Fsp3) is 0.294. The minimum Gasteiger partial charge on any atom is -0.301 e. The Morgan fingerprint density at radius 2 is 1.87 bits per heavy atom. The number of benzene rings is 1. The second kappa shape index (κ2) is 6.91. The molecule has 5 nitrogen and oxygen atoms in total. The highest BCUT2D eigenvalue weighted by Crippen LogP contribution is 2.21. The number of aryl methyl sites for hydroxylation is 2. The lowest BCUT2D eigenvalue weighted by molar-refractivity contribution is 0.815. The highest BCUT2D eigenvalue weighted by atomic mass is 32.2. The van der Waals surface area contributed by atoms with E-state index in [1.165, 1.54) is 11.8 Å². The summed E-state index contributed by atoms with van der Waals surface area (Å²) in [6.07, 6.45) is 1.78. The first-order chi connectivity index (χ1) is 11.2. The molecule has 0 unspecified atom stereocenters. The quantitative estimate of drug-likeness (QED) is 0.575. The van der Waals surface area contributed by atoms with Crippen LogP contribution in [0.4, 0.5) is 0 Å². The summed E-state index contributed by atoms with van der Waals surface area (Å²) in [7, 11) is 0. The molecular formula is C17H18N4OS. The van der Waals surface area contributed by atoms with Crippen molar-refractivity contribution in [1.82, 2.24) is 19.9 Å². The minimum atomic E-state index is -0.104. The summed E-state index contributed by atoms with van der Waals surface area (Å²) in [6.45, 7) is 4.03. The predicted molar refractivity (Wildman–Crippen MR) is 92.7 cm³/mol. The minimum absolute atomic E-state index is 0.104. The fourth-order valence-electron chi connectivity index (χ4n) is 2.33. The van der Waals surface area contributed by atoms with Gasteiger partial charge in [0.05, 0.1) is 22.4 Å². The number of H-pyrrole nitrogens is 1.